The second-order valence-electron chi connectivity index (χ2n) is 5.95. The van der Waals surface area contributed by atoms with Gasteiger partial charge in [0.1, 0.15) is 0 Å². The predicted octanol–water partition coefficient (Wildman–Crippen LogP) is 2.12. The molecule has 3 heterocycles. The number of hydrogen-bond acceptors (Lipinski definition) is 5. The van der Waals surface area contributed by atoms with Crippen molar-refractivity contribution in [3.63, 3.8) is 0 Å². The van der Waals surface area contributed by atoms with Crippen molar-refractivity contribution in [3.8, 4) is 0 Å². The van der Waals surface area contributed by atoms with Gasteiger partial charge in [-0.25, -0.2) is 9.97 Å². The second-order valence-corrected chi connectivity index (χ2v) is 7.26. The molecule has 0 saturated heterocycles. The lowest BCUT2D eigenvalue weighted by atomic mass is 10.2. The van der Waals surface area contributed by atoms with Crippen molar-refractivity contribution in [2.75, 3.05) is 6.54 Å². The van der Waals surface area contributed by atoms with Crippen molar-refractivity contribution in [1.29, 1.82) is 0 Å². The molecule has 0 aromatic carbocycles. The van der Waals surface area contributed by atoms with E-state index in [1.807, 2.05) is 49.4 Å². The molecule has 0 unspecified atom stereocenters. The van der Waals surface area contributed by atoms with Gasteiger partial charge in [0, 0.05) is 17.9 Å². The Morgan fingerprint density at radius 1 is 1.13 bits per heavy atom. The maximum atomic E-state index is 12.7. The van der Waals surface area contributed by atoms with Crippen LogP contribution in [0.25, 0.3) is 0 Å². The molecule has 0 fully saturated rings. The van der Waals surface area contributed by atoms with Gasteiger partial charge >= 0.3 is 0 Å². The van der Waals surface area contributed by atoms with Crippen molar-refractivity contribution in [2.45, 2.75) is 51.2 Å². The Balaban J connectivity index is 1.68. The van der Waals surface area contributed by atoms with E-state index in [0.29, 0.717) is 18.2 Å². The highest BCUT2D eigenvalue weighted by Gasteiger charge is 2.26. The molecule has 1 aliphatic rings. The Bertz CT molecular complexity index is 722. The first-order chi connectivity index (χ1) is 10.9. The van der Waals surface area contributed by atoms with Gasteiger partial charge in [-0.1, -0.05) is 11.8 Å². The fraction of sp³-hybridized carbons (Fsp3) is 0.500. The number of thioether (sulfide) groups is 1. The number of nitrogens with zero attached hydrogens (tertiary/aromatic N) is 5. The largest absolute Gasteiger partial charge is 0.334 e. The number of rotatable bonds is 3. The van der Waals surface area contributed by atoms with E-state index in [2.05, 4.69) is 15.1 Å². The first kappa shape index (κ1) is 16.0. The lowest BCUT2D eigenvalue weighted by molar-refractivity contribution is -0.131. The summed E-state index contributed by atoms with van der Waals surface area (Å²) < 4.78 is 1.99. The minimum Gasteiger partial charge on any atom is -0.334 e. The van der Waals surface area contributed by atoms with Crippen molar-refractivity contribution in [3.05, 3.63) is 34.9 Å². The van der Waals surface area contributed by atoms with E-state index in [4.69, 9.17) is 0 Å². The van der Waals surface area contributed by atoms with Gasteiger partial charge in [-0.2, -0.15) is 5.10 Å². The summed E-state index contributed by atoms with van der Waals surface area (Å²) in [6.45, 7) is 9.87. The first-order valence-electron chi connectivity index (χ1n) is 7.73. The Hall–Kier alpha value is -1.89. The third-order valence-electron chi connectivity index (χ3n) is 3.82. The van der Waals surface area contributed by atoms with Gasteiger partial charge in [0.2, 0.25) is 5.91 Å². The molecule has 1 amide bonds. The molecule has 122 valence electrons. The Labute approximate surface area is 140 Å². The van der Waals surface area contributed by atoms with E-state index in [9.17, 15) is 4.79 Å². The lowest BCUT2D eigenvalue weighted by Crippen LogP contribution is -2.42. The standard InChI is InChI=1S/C16H21N5OS/c1-10-7-11(2)18-16(17-10)23-13(4)15(22)20-5-6-21-14(9-20)8-12(3)19-21/h7-8,13H,5-6,9H2,1-4H3/t13-/m0/s1. The molecule has 0 bridgehead atoms. The topological polar surface area (TPSA) is 63.9 Å². The number of aryl methyl sites for hydroxylation is 3. The summed E-state index contributed by atoms with van der Waals surface area (Å²) >= 11 is 1.42. The van der Waals surface area contributed by atoms with Gasteiger partial charge in [-0.15, -0.1) is 0 Å². The minimum atomic E-state index is -0.202. The van der Waals surface area contributed by atoms with Crippen LogP contribution in [0.15, 0.2) is 17.3 Å². The van der Waals surface area contributed by atoms with E-state index >= 15 is 0 Å². The molecule has 2 aromatic heterocycles. The van der Waals surface area contributed by atoms with Crippen molar-refractivity contribution < 1.29 is 4.79 Å². The van der Waals surface area contributed by atoms with E-state index in [1.54, 1.807) is 0 Å². The monoisotopic (exact) mass is 331 g/mol. The highest BCUT2D eigenvalue weighted by molar-refractivity contribution is 8.00. The van der Waals surface area contributed by atoms with Crippen molar-refractivity contribution in [2.24, 2.45) is 0 Å². The first-order valence-corrected chi connectivity index (χ1v) is 8.61. The van der Waals surface area contributed by atoms with Crippen molar-refractivity contribution in [1.82, 2.24) is 24.6 Å². The predicted molar refractivity (Wildman–Crippen MR) is 89.2 cm³/mol. The zero-order valence-corrected chi connectivity index (χ0v) is 14.7. The quantitative estimate of drug-likeness (QED) is 0.637. The molecular formula is C16H21N5OS. The molecular weight excluding hydrogens is 310 g/mol. The van der Waals surface area contributed by atoms with Crippen LogP contribution in [0.4, 0.5) is 0 Å². The Morgan fingerprint density at radius 2 is 1.83 bits per heavy atom. The summed E-state index contributed by atoms with van der Waals surface area (Å²) in [4.78, 5) is 23.4. The minimum absolute atomic E-state index is 0.128. The van der Waals surface area contributed by atoms with Crippen LogP contribution < -0.4 is 0 Å². The summed E-state index contributed by atoms with van der Waals surface area (Å²) in [5.41, 5.74) is 3.95. The van der Waals surface area contributed by atoms with Gasteiger partial charge in [-0.3, -0.25) is 9.48 Å². The van der Waals surface area contributed by atoms with Crippen LogP contribution in [0.3, 0.4) is 0 Å². The van der Waals surface area contributed by atoms with Crippen LogP contribution in [0, 0.1) is 20.8 Å². The smallest absolute Gasteiger partial charge is 0.236 e. The van der Waals surface area contributed by atoms with Gasteiger partial charge in [0.05, 0.1) is 29.7 Å². The highest BCUT2D eigenvalue weighted by atomic mass is 32.2. The van der Waals surface area contributed by atoms with E-state index in [1.165, 1.54) is 11.8 Å². The summed E-state index contributed by atoms with van der Waals surface area (Å²) in [5.74, 6) is 0.128. The summed E-state index contributed by atoms with van der Waals surface area (Å²) in [7, 11) is 0. The number of aromatic nitrogens is 4. The number of fused-ring (bicyclic) bond motifs is 1. The molecule has 0 spiro atoms. The second kappa shape index (κ2) is 6.31. The summed E-state index contributed by atoms with van der Waals surface area (Å²) in [6.07, 6.45) is 0. The Morgan fingerprint density at radius 3 is 2.52 bits per heavy atom. The normalized spacial score (nSPS) is 15.4. The molecule has 1 atom stereocenters. The molecule has 0 N–H and O–H groups in total. The third-order valence-corrected chi connectivity index (χ3v) is 4.77. The number of hydrogen-bond donors (Lipinski definition) is 0. The molecule has 6 nitrogen and oxygen atoms in total. The van der Waals surface area contributed by atoms with Crippen LogP contribution in [-0.4, -0.2) is 42.4 Å². The van der Waals surface area contributed by atoms with E-state index < -0.39 is 0 Å². The average Bonchev–Trinajstić information content (AvgIpc) is 2.84. The van der Waals surface area contributed by atoms with Crippen LogP contribution in [0.1, 0.15) is 29.7 Å². The van der Waals surface area contributed by atoms with Crippen LogP contribution in [0.5, 0.6) is 0 Å². The van der Waals surface area contributed by atoms with E-state index in [-0.39, 0.29) is 11.2 Å². The molecule has 7 heteroatoms. The molecule has 1 aliphatic heterocycles. The molecule has 23 heavy (non-hydrogen) atoms. The summed E-state index contributed by atoms with van der Waals surface area (Å²) in [6, 6.07) is 3.98. The number of carbonyl (C=O) groups is 1. The number of carbonyl (C=O) groups excluding carboxylic acids is 1. The third kappa shape index (κ3) is 3.55. The van der Waals surface area contributed by atoms with Gasteiger partial charge < -0.3 is 4.90 Å². The average molecular weight is 331 g/mol. The SMILES string of the molecule is Cc1cc(C)nc(S[C@@H](C)C(=O)N2CCn3nc(C)cc3C2)n1. The maximum Gasteiger partial charge on any atom is 0.236 e. The lowest BCUT2D eigenvalue weighted by Gasteiger charge is -2.29. The highest BCUT2D eigenvalue weighted by Crippen LogP contribution is 2.23. The van der Waals surface area contributed by atoms with Crippen LogP contribution >= 0.6 is 11.8 Å². The van der Waals surface area contributed by atoms with Gasteiger partial charge in [-0.05, 0) is 39.8 Å². The van der Waals surface area contributed by atoms with Gasteiger partial charge in [0.25, 0.3) is 0 Å². The zero-order chi connectivity index (χ0) is 16.6. The fourth-order valence-corrected chi connectivity index (χ4v) is 3.77. The van der Waals surface area contributed by atoms with Gasteiger partial charge in [0.15, 0.2) is 5.16 Å². The number of amides is 1. The Kier molecular flexibility index (Phi) is 4.39. The molecule has 0 saturated carbocycles. The zero-order valence-electron chi connectivity index (χ0n) is 13.9. The van der Waals surface area contributed by atoms with Crippen LogP contribution in [-0.2, 0) is 17.9 Å². The molecule has 0 aliphatic carbocycles. The molecule has 0 radical (unpaired) electrons. The molecule has 2 aromatic rings. The fourth-order valence-electron chi connectivity index (χ4n) is 2.81. The summed E-state index contributed by atoms with van der Waals surface area (Å²) in [5, 5.41) is 4.90. The van der Waals surface area contributed by atoms with Crippen LogP contribution in [0.2, 0.25) is 0 Å². The maximum absolute atomic E-state index is 12.7. The van der Waals surface area contributed by atoms with Crippen molar-refractivity contribution >= 4 is 17.7 Å². The molecule has 3 rings (SSSR count). The van der Waals surface area contributed by atoms with E-state index in [0.717, 1.165) is 29.3 Å².